The van der Waals surface area contributed by atoms with E-state index < -0.39 is 6.43 Å². The summed E-state index contributed by atoms with van der Waals surface area (Å²) < 4.78 is 24.4. The van der Waals surface area contributed by atoms with Crippen molar-refractivity contribution >= 4 is 0 Å². The SMILES string of the molecule is FC(F)C1CCC(C2CC2)NC1. The van der Waals surface area contributed by atoms with Crippen LogP contribution in [0.1, 0.15) is 25.7 Å². The summed E-state index contributed by atoms with van der Waals surface area (Å²) in [6, 6.07) is 0.556. The second kappa shape index (κ2) is 3.29. The molecule has 0 aromatic carbocycles. The van der Waals surface area contributed by atoms with Crippen molar-refractivity contribution in [1.82, 2.24) is 5.32 Å². The first-order valence-corrected chi connectivity index (χ1v) is 4.79. The van der Waals surface area contributed by atoms with Crippen LogP contribution >= 0.6 is 0 Å². The normalized spacial score (nSPS) is 37.2. The molecule has 2 aliphatic rings. The molecule has 2 atom stereocenters. The Morgan fingerprint density at radius 1 is 1.08 bits per heavy atom. The molecule has 0 bridgehead atoms. The van der Waals surface area contributed by atoms with E-state index in [0.29, 0.717) is 19.0 Å². The number of halogens is 2. The van der Waals surface area contributed by atoms with E-state index in [2.05, 4.69) is 5.32 Å². The first-order valence-electron chi connectivity index (χ1n) is 4.79. The lowest BCUT2D eigenvalue weighted by atomic mass is 9.93. The third kappa shape index (κ3) is 1.76. The summed E-state index contributed by atoms with van der Waals surface area (Å²) in [6.45, 7) is 0.527. The van der Waals surface area contributed by atoms with E-state index in [-0.39, 0.29) is 5.92 Å². The van der Waals surface area contributed by atoms with Gasteiger partial charge in [0.05, 0.1) is 0 Å². The van der Waals surface area contributed by atoms with Crippen LogP contribution in [0.15, 0.2) is 0 Å². The van der Waals surface area contributed by atoms with E-state index in [1.165, 1.54) is 12.8 Å². The van der Waals surface area contributed by atoms with E-state index in [1.54, 1.807) is 0 Å². The van der Waals surface area contributed by atoms with E-state index in [9.17, 15) is 8.78 Å². The third-order valence-electron chi connectivity index (χ3n) is 3.04. The predicted octanol–water partition coefficient (Wildman–Crippen LogP) is 2.03. The minimum atomic E-state index is -2.13. The van der Waals surface area contributed by atoms with Gasteiger partial charge in [0.25, 0.3) is 0 Å². The van der Waals surface area contributed by atoms with Gasteiger partial charge in [-0.25, -0.2) is 8.78 Å². The summed E-state index contributed by atoms with van der Waals surface area (Å²) in [5.74, 6) is 0.420. The first-order chi connectivity index (χ1) is 5.77. The molecule has 0 aromatic heterocycles. The van der Waals surface area contributed by atoms with Gasteiger partial charge in [-0.05, 0) is 31.6 Å². The van der Waals surface area contributed by atoms with Gasteiger partial charge < -0.3 is 5.32 Å². The van der Waals surface area contributed by atoms with Gasteiger partial charge in [0, 0.05) is 18.5 Å². The molecule has 1 aliphatic carbocycles. The standard InChI is InChI=1S/C9H15F2N/c10-9(11)7-3-4-8(12-5-7)6-1-2-6/h6-9,12H,1-5H2. The van der Waals surface area contributed by atoms with Crippen molar-refractivity contribution in [3.05, 3.63) is 0 Å². The summed E-state index contributed by atoms with van der Waals surface area (Å²) in [5, 5.41) is 3.23. The molecule has 70 valence electrons. The molecule has 3 heteroatoms. The highest BCUT2D eigenvalue weighted by Gasteiger charge is 2.35. The van der Waals surface area contributed by atoms with Crippen molar-refractivity contribution in [2.24, 2.45) is 11.8 Å². The molecule has 2 fully saturated rings. The second-order valence-corrected chi connectivity index (χ2v) is 4.02. The molecule has 2 unspecified atom stereocenters. The van der Waals surface area contributed by atoms with Gasteiger partial charge in [-0.3, -0.25) is 0 Å². The average molecular weight is 175 g/mol. The Morgan fingerprint density at radius 3 is 2.25 bits per heavy atom. The van der Waals surface area contributed by atoms with Gasteiger partial charge >= 0.3 is 0 Å². The maximum atomic E-state index is 12.2. The lowest BCUT2D eigenvalue weighted by Gasteiger charge is -2.29. The number of hydrogen-bond acceptors (Lipinski definition) is 1. The summed E-state index contributed by atoms with van der Waals surface area (Å²) in [4.78, 5) is 0. The molecule has 1 N–H and O–H groups in total. The topological polar surface area (TPSA) is 12.0 Å². The molecule has 1 nitrogen and oxygen atoms in total. The smallest absolute Gasteiger partial charge is 0.242 e. The Morgan fingerprint density at radius 2 is 1.83 bits per heavy atom. The van der Waals surface area contributed by atoms with E-state index >= 15 is 0 Å². The largest absolute Gasteiger partial charge is 0.313 e. The van der Waals surface area contributed by atoms with Crippen LogP contribution in [-0.4, -0.2) is 19.0 Å². The van der Waals surface area contributed by atoms with Gasteiger partial charge in [0.1, 0.15) is 0 Å². The maximum Gasteiger partial charge on any atom is 0.242 e. The quantitative estimate of drug-likeness (QED) is 0.677. The summed E-state index contributed by atoms with van der Waals surface area (Å²) in [5.41, 5.74) is 0. The number of hydrogen-bond donors (Lipinski definition) is 1. The van der Waals surface area contributed by atoms with E-state index in [1.807, 2.05) is 0 Å². The fourth-order valence-electron chi connectivity index (χ4n) is 2.02. The zero-order valence-corrected chi connectivity index (χ0v) is 7.10. The fourth-order valence-corrected chi connectivity index (χ4v) is 2.02. The summed E-state index contributed by atoms with van der Waals surface area (Å²) in [6.07, 6.45) is 2.15. The van der Waals surface area contributed by atoms with Crippen molar-refractivity contribution in [2.45, 2.75) is 38.2 Å². The minimum Gasteiger partial charge on any atom is -0.313 e. The first kappa shape index (κ1) is 8.42. The molecule has 0 spiro atoms. The number of rotatable bonds is 2. The van der Waals surface area contributed by atoms with E-state index in [4.69, 9.17) is 0 Å². The van der Waals surface area contributed by atoms with Crippen molar-refractivity contribution in [3.8, 4) is 0 Å². The Balaban J connectivity index is 1.76. The molecule has 0 amide bonds. The lowest BCUT2D eigenvalue weighted by Crippen LogP contribution is -2.42. The molecule has 12 heavy (non-hydrogen) atoms. The van der Waals surface area contributed by atoms with Crippen LogP contribution < -0.4 is 5.32 Å². The predicted molar refractivity (Wildman–Crippen MR) is 43.2 cm³/mol. The van der Waals surface area contributed by atoms with Crippen molar-refractivity contribution in [3.63, 3.8) is 0 Å². The zero-order chi connectivity index (χ0) is 8.55. The van der Waals surface area contributed by atoms with E-state index in [0.717, 1.165) is 12.3 Å². The Hall–Kier alpha value is -0.180. The number of nitrogens with one attached hydrogen (secondary N) is 1. The van der Waals surface area contributed by atoms with Crippen molar-refractivity contribution < 1.29 is 8.78 Å². The van der Waals surface area contributed by atoms with Gasteiger partial charge in [-0.15, -0.1) is 0 Å². The molecule has 1 saturated carbocycles. The molecule has 1 saturated heterocycles. The van der Waals surface area contributed by atoms with Gasteiger partial charge in [0.2, 0.25) is 6.43 Å². The van der Waals surface area contributed by atoms with Crippen molar-refractivity contribution in [2.75, 3.05) is 6.54 Å². The van der Waals surface area contributed by atoms with Crippen LogP contribution in [0.5, 0.6) is 0 Å². The molecular weight excluding hydrogens is 160 g/mol. The monoisotopic (exact) mass is 175 g/mol. The lowest BCUT2D eigenvalue weighted by molar-refractivity contribution is 0.0548. The Kier molecular flexibility index (Phi) is 2.31. The van der Waals surface area contributed by atoms with Crippen LogP contribution in [0.25, 0.3) is 0 Å². The molecule has 0 radical (unpaired) electrons. The molecular formula is C9H15F2N. The van der Waals surface area contributed by atoms with Crippen molar-refractivity contribution in [1.29, 1.82) is 0 Å². The van der Waals surface area contributed by atoms with Crippen LogP contribution in [0.2, 0.25) is 0 Å². The highest BCUT2D eigenvalue weighted by molar-refractivity contribution is 4.90. The third-order valence-corrected chi connectivity index (χ3v) is 3.04. The highest BCUT2D eigenvalue weighted by atomic mass is 19.3. The van der Waals surface area contributed by atoms with Crippen LogP contribution in [0.4, 0.5) is 8.78 Å². The van der Waals surface area contributed by atoms with Gasteiger partial charge in [-0.1, -0.05) is 0 Å². The Bertz CT molecular complexity index is 139. The number of piperidine rings is 1. The minimum absolute atomic E-state index is 0.389. The van der Waals surface area contributed by atoms with Crippen LogP contribution in [0.3, 0.4) is 0 Å². The van der Waals surface area contributed by atoms with Gasteiger partial charge in [-0.2, -0.15) is 0 Å². The van der Waals surface area contributed by atoms with Gasteiger partial charge in [0.15, 0.2) is 0 Å². The van der Waals surface area contributed by atoms with Crippen LogP contribution in [-0.2, 0) is 0 Å². The summed E-state index contributed by atoms with van der Waals surface area (Å²) >= 11 is 0. The molecule has 1 heterocycles. The average Bonchev–Trinajstić information content (AvgIpc) is 2.87. The number of alkyl halides is 2. The molecule has 2 rings (SSSR count). The zero-order valence-electron chi connectivity index (χ0n) is 7.10. The maximum absolute atomic E-state index is 12.2. The fraction of sp³-hybridized carbons (Fsp3) is 1.00. The van der Waals surface area contributed by atoms with Crippen LogP contribution in [0, 0.1) is 11.8 Å². The highest BCUT2D eigenvalue weighted by Crippen LogP contribution is 2.37. The Labute approximate surface area is 71.5 Å². The second-order valence-electron chi connectivity index (χ2n) is 4.02. The molecule has 0 aromatic rings. The summed E-state index contributed by atoms with van der Waals surface area (Å²) in [7, 11) is 0. The molecule has 1 aliphatic heterocycles.